The third-order valence-corrected chi connectivity index (χ3v) is 6.11. The molecule has 1 aliphatic rings. The number of Topliss-reactive ketones (excluding diaryl/α,β-unsaturated/α-hetero) is 1. The molecule has 1 aliphatic heterocycles. The van der Waals surface area contributed by atoms with E-state index in [1.807, 2.05) is 6.92 Å². The van der Waals surface area contributed by atoms with E-state index in [1.165, 1.54) is 10.6 Å². The number of aromatic nitrogens is 3. The Bertz CT molecular complexity index is 1270. The Morgan fingerprint density at radius 3 is 2.71 bits per heavy atom. The number of benzene rings is 2. The van der Waals surface area contributed by atoms with Crippen LogP contribution in [-0.2, 0) is 23.0 Å². The van der Waals surface area contributed by atoms with E-state index in [9.17, 15) is 18.0 Å². The molecule has 0 bridgehead atoms. The highest BCUT2D eigenvalue weighted by molar-refractivity contribution is 7.92. The number of hydrogen-bond acceptors (Lipinski definition) is 6. The summed E-state index contributed by atoms with van der Waals surface area (Å²) >= 11 is 0. The quantitative estimate of drug-likeness (QED) is 0.616. The van der Waals surface area contributed by atoms with Crippen LogP contribution in [0.1, 0.15) is 22.8 Å². The Hall–Kier alpha value is -3.07. The van der Waals surface area contributed by atoms with Crippen LogP contribution in [0.3, 0.4) is 0 Å². The monoisotopic (exact) mass is 398 g/mol. The Kier molecular flexibility index (Phi) is 4.26. The number of rotatable bonds is 4. The van der Waals surface area contributed by atoms with Gasteiger partial charge in [0.05, 0.1) is 17.3 Å². The first kappa shape index (κ1) is 18.3. The minimum absolute atomic E-state index is 0.204. The molecule has 0 unspecified atom stereocenters. The van der Waals surface area contributed by atoms with E-state index >= 15 is 0 Å². The summed E-state index contributed by atoms with van der Waals surface area (Å²) < 4.78 is 26.4. The molecule has 0 spiro atoms. The minimum atomic E-state index is -3.39. The van der Waals surface area contributed by atoms with Gasteiger partial charge in [0.15, 0.2) is 5.78 Å². The molecule has 0 saturated carbocycles. The summed E-state index contributed by atoms with van der Waals surface area (Å²) in [5, 5.41) is 8.23. The topological polar surface area (TPSA) is 102 Å². The molecule has 1 aromatic heterocycles. The van der Waals surface area contributed by atoms with Crippen molar-refractivity contribution in [3.63, 3.8) is 0 Å². The average Bonchev–Trinajstić information content (AvgIpc) is 2.99. The van der Waals surface area contributed by atoms with Crippen molar-refractivity contribution in [2.24, 2.45) is 0 Å². The Labute approximate surface area is 161 Å². The van der Waals surface area contributed by atoms with Gasteiger partial charge in [-0.05, 0) is 49.2 Å². The van der Waals surface area contributed by atoms with Crippen LogP contribution in [0.15, 0.2) is 47.3 Å². The Balaban J connectivity index is 1.65. The van der Waals surface area contributed by atoms with E-state index in [-0.39, 0.29) is 23.9 Å². The van der Waals surface area contributed by atoms with Gasteiger partial charge in [-0.1, -0.05) is 17.3 Å². The van der Waals surface area contributed by atoms with Crippen molar-refractivity contribution < 1.29 is 13.2 Å². The fourth-order valence-electron chi connectivity index (χ4n) is 3.64. The normalized spacial score (nSPS) is 16.4. The Morgan fingerprint density at radius 1 is 1.21 bits per heavy atom. The van der Waals surface area contributed by atoms with Crippen LogP contribution < -0.4 is 9.86 Å². The predicted molar refractivity (Wildman–Crippen MR) is 105 cm³/mol. The molecule has 0 saturated heterocycles. The first-order chi connectivity index (χ1) is 13.3. The van der Waals surface area contributed by atoms with Gasteiger partial charge in [-0.3, -0.25) is 13.9 Å². The number of hydrogen-bond donors (Lipinski definition) is 0. The van der Waals surface area contributed by atoms with Crippen LogP contribution in [0, 0.1) is 0 Å². The summed E-state index contributed by atoms with van der Waals surface area (Å²) in [5.74, 6) is -0.292. The molecule has 3 aromatic rings. The number of carbonyl (C=O) groups excluding carboxylic acids is 1. The van der Waals surface area contributed by atoms with Crippen molar-refractivity contribution in [2.75, 3.05) is 10.6 Å². The second-order valence-electron chi connectivity index (χ2n) is 6.95. The van der Waals surface area contributed by atoms with Crippen LogP contribution in [-0.4, -0.2) is 41.5 Å². The molecule has 1 atom stereocenters. The lowest BCUT2D eigenvalue weighted by atomic mass is 10.0. The van der Waals surface area contributed by atoms with E-state index in [4.69, 9.17) is 0 Å². The number of carbonyl (C=O) groups is 1. The van der Waals surface area contributed by atoms with Gasteiger partial charge in [0.2, 0.25) is 10.0 Å². The summed E-state index contributed by atoms with van der Waals surface area (Å²) in [7, 11) is -3.39. The third kappa shape index (κ3) is 3.07. The van der Waals surface area contributed by atoms with Crippen LogP contribution in [0.4, 0.5) is 5.69 Å². The number of nitrogens with zero attached hydrogens (tertiary/aromatic N) is 4. The van der Waals surface area contributed by atoms with Gasteiger partial charge in [-0.15, -0.1) is 5.10 Å². The van der Waals surface area contributed by atoms with Gasteiger partial charge < -0.3 is 0 Å². The molecule has 8 nitrogen and oxygen atoms in total. The maximum atomic E-state index is 12.7. The SMILES string of the molecule is C[C@H]1Cc2cc(C(=O)Cn3nnc4ccccc4c3=O)ccc2N1S(C)(=O)=O. The zero-order valence-corrected chi connectivity index (χ0v) is 16.2. The molecule has 0 radical (unpaired) electrons. The second kappa shape index (κ2) is 6.52. The molecular formula is C19H18N4O4S. The first-order valence-electron chi connectivity index (χ1n) is 8.74. The molecule has 28 heavy (non-hydrogen) atoms. The van der Waals surface area contributed by atoms with Crippen molar-refractivity contribution >= 4 is 32.4 Å². The van der Waals surface area contributed by atoms with E-state index in [0.29, 0.717) is 28.6 Å². The summed E-state index contributed by atoms with van der Waals surface area (Å²) in [6, 6.07) is 11.5. The summed E-state index contributed by atoms with van der Waals surface area (Å²) in [5.41, 5.74) is 1.89. The molecule has 2 aromatic carbocycles. The highest BCUT2D eigenvalue weighted by Gasteiger charge is 2.32. The van der Waals surface area contributed by atoms with Gasteiger partial charge in [-0.2, -0.15) is 0 Å². The van der Waals surface area contributed by atoms with Crippen molar-refractivity contribution in [1.29, 1.82) is 0 Å². The smallest absolute Gasteiger partial charge is 0.278 e. The Morgan fingerprint density at radius 2 is 1.96 bits per heavy atom. The molecule has 9 heteroatoms. The number of anilines is 1. The average molecular weight is 398 g/mol. The minimum Gasteiger partial charge on any atom is -0.292 e. The maximum Gasteiger partial charge on any atom is 0.278 e. The van der Waals surface area contributed by atoms with Gasteiger partial charge in [0, 0.05) is 11.6 Å². The maximum absolute atomic E-state index is 12.7. The lowest BCUT2D eigenvalue weighted by molar-refractivity contribution is 0.0964. The fraction of sp³-hybridized carbons (Fsp3) is 0.263. The molecule has 4 rings (SSSR count). The fourth-order valence-corrected chi connectivity index (χ4v) is 4.90. The van der Waals surface area contributed by atoms with Crippen molar-refractivity contribution in [3.8, 4) is 0 Å². The van der Waals surface area contributed by atoms with Gasteiger partial charge in [0.1, 0.15) is 12.1 Å². The van der Waals surface area contributed by atoms with Crippen molar-refractivity contribution in [2.45, 2.75) is 25.9 Å². The van der Waals surface area contributed by atoms with Crippen LogP contribution in [0.5, 0.6) is 0 Å². The highest BCUT2D eigenvalue weighted by atomic mass is 32.2. The van der Waals surface area contributed by atoms with Gasteiger partial charge in [-0.25, -0.2) is 13.1 Å². The van der Waals surface area contributed by atoms with E-state index in [1.54, 1.807) is 42.5 Å². The van der Waals surface area contributed by atoms with Crippen molar-refractivity contribution in [1.82, 2.24) is 15.0 Å². The summed E-state index contributed by atoms with van der Waals surface area (Å²) in [4.78, 5) is 25.2. The number of ketones is 1. The molecule has 0 fully saturated rings. The third-order valence-electron chi connectivity index (χ3n) is 4.83. The molecule has 0 N–H and O–H groups in total. The number of fused-ring (bicyclic) bond motifs is 2. The summed E-state index contributed by atoms with van der Waals surface area (Å²) in [6.45, 7) is 1.59. The molecule has 0 aliphatic carbocycles. The summed E-state index contributed by atoms with van der Waals surface area (Å²) in [6.07, 6.45) is 1.70. The van der Waals surface area contributed by atoms with E-state index in [2.05, 4.69) is 10.3 Å². The zero-order chi connectivity index (χ0) is 20.1. The lowest BCUT2D eigenvalue weighted by Crippen LogP contribution is -2.34. The molecule has 144 valence electrons. The van der Waals surface area contributed by atoms with E-state index < -0.39 is 10.0 Å². The van der Waals surface area contributed by atoms with Crippen LogP contribution >= 0.6 is 0 Å². The molecule has 0 amide bonds. The van der Waals surface area contributed by atoms with Crippen LogP contribution in [0.25, 0.3) is 10.9 Å². The molecule has 2 heterocycles. The number of sulfonamides is 1. The van der Waals surface area contributed by atoms with Crippen molar-refractivity contribution in [3.05, 3.63) is 63.9 Å². The van der Waals surface area contributed by atoms with Gasteiger partial charge in [0.25, 0.3) is 5.56 Å². The standard InChI is InChI=1S/C19H18N4O4S/c1-12-9-14-10-13(7-8-17(14)23(12)28(2,26)27)18(24)11-22-19(25)15-5-3-4-6-16(15)20-21-22/h3-8,10,12H,9,11H2,1-2H3/t12-/m0/s1. The first-order valence-corrected chi connectivity index (χ1v) is 10.6. The zero-order valence-electron chi connectivity index (χ0n) is 15.4. The largest absolute Gasteiger partial charge is 0.292 e. The van der Waals surface area contributed by atoms with Crippen LogP contribution in [0.2, 0.25) is 0 Å². The highest BCUT2D eigenvalue weighted by Crippen LogP contribution is 2.34. The van der Waals surface area contributed by atoms with E-state index in [0.717, 1.165) is 10.2 Å². The molecular weight excluding hydrogens is 380 g/mol. The van der Waals surface area contributed by atoms with Gasteiger partial charge >= 0.3 is 0 Å². The second-order valence-corrected chi connectivity index (χ2v) is 8.81. The lowest BCUT2D eigenvalue weighted by Gasteiger charge is -2.21. The predicted octanol–water partition coefficient (Wildman–Crippen LogP) is 1.39.